The number of methoxy groups -OCH3 is 2. The molecule has 2 heteroatoms. The van der Waals surface area contributed by atoms with Gasteiger partial charge in [0, 0.05) is 0 Å². The Morgan fingerprint density at radius 2 is 1.28 bits per heavy atom. The summed E-state index contributed by atoms with van der Waals surface area (Å²) in [6.45, 7) is 4.10. The van der Waals surface area contributed by atoms with Crippen molar-refractivity contribution in [2.75, 3.05) is 14.2 Å². The average Bonchev–Trinajstić information content (AvgIpc) is 2.40. The van der Waals surface area contributed by atoms with Crippen molar-refractivity contribution in [2.24, 2.45) is 0 Å². The first-order valence-electron chi connectivity index (χ1n) is 5.87. The summed E-state index contributed by atoms with van der Waals surface area (Å²) in [5.74, 6) is 1.84. The van der Waals surface area contributed by atoms with E-state index in [2.05, 4.69) is 6.92 Å². The topological polar surface area (TPSA) is 18.5 Å². The number of hydrogen-bond acceptors (Lipinski definition) is 2. The molecule has 0 heterocycles. The minimum atomic E-state index is 0.917. The van der Waals surface area contributed by atoms with Crippen molar-refractivity contribution in [1.29, 1.82) is 0 Å². The zero-order chi connectivity index (χ0) is 13.4. The van der Waals surface area contributed by atoms with Gasteiger partial charge in [0.1, 0.15) is 11.5 Å². The molecule has 0 aliphatic heterocycles. The van der Waals surface area contributed by atoms with Gasteiger partial charge >= 0.3 is 0 Å². The Balaban J connectivity index is 0.000000180. The van der Waals surface area contributed by atoms with Crippen LogP contribution in [0.4, 0.5) is 0 Å². The fourth-order valence-electron chi connectivity index (χ4n) is 1.42. The van der Waals surface area contributed by atoms with E-state index in [1.165, 1.54) is 11.1 Å². The quantitative estimate of drug-likeness (QED) is 0.794. The summed E-state index contributed by atoms with van der Waals surface area (Å²) in [5, 5.41) is 0. The molecule has 2 rings (SSSR count). The summed E-state index contributed by atoms with van der Waals surface area (Å²) in [7, 11) is 3.35. The molecule has 0 unspecified atom stereocenters. The second-order valence-corrected chi connectivity index (χ2v) is 4.04. The van der Waals surface area contributed by atoms with E-state index < -0.39 is 0 Å². The van der Waals surface area contributed by atoms with Gasteiger partial charge in [-0.15, -0.1) is 0 Å². The van der Waals surface area contributed by atoms with Gasteiger partial charge in [0.25, 0.3) is 0 Å². The van der Waals surface area contributed by atoms with Crippen LogP contribution in [0.3, 0.4) is 0 Å². The van der Waals surface area contributed by atoms with Gasteiger partial charge in [-0.3, -0.25) is 0 Å². The minimum absolute atomic E-state index is 0.917. The molecule has 96 valence electrons. The highest BCUT2D eigenvalue weighted by atomic mass is 16.5. The number of aryl methyl sites for hydroxylation is 2. The smallest absolute Gasteiger partial charge is 0.119 e. The third-order valence-corrected chi connectivity index (χ3v) is 2.48. The Morgan fingerprint density at radius 3 is 1.72 bits per heavy atom. The molecule has 0 atom stereocenters. The Morgan fingerprint density at radius 1 is 0.667 bits per heavy atom. The zero-order valence-corrected chi connectivity index (χ0v) is 11.4. The van der Waals surface area contributed by atoms with E-state index in [1.807, 2.05) is 55.5 Å². The Labute approximate surface area is 109 Å². The molecule has 0 aromatic heterocycles. The van der Waals surface area contributed by atoms with Crippen molar-refractivity contribution in [3.05, 3.63) is 59.7 Å². The van der Waals surface area contributed by atoms with Crippen LogP contribution in [-0.4, -0.2) is 14.2 Å². The van der Waals surface area contributed by atoms with Crippen LogP contribution in [0, 0.1) is 13.8 Å². The van der Waals surface area contributed by atoms with Crippen LogP contribution in [0.1, 0.15) is 11.1 Å². The molecule has 0 fully saturated rings. The molecule has 18 heavy (non-hydrogen) atoms. The van der Waals surface area contributed by atoms with Crippen molar-refractivity contribution in [1.82, 2.24) is 0 Å². The van der Waals surface area contributed by atoms with Crippen LogP contribution in [-0.2, 0) is 0 Å². The maximum atomic E-state index is 5.00. The second kappa shape index (κ2) is 7.38. The normalized spacial score (nSPS) is 9.11. The molecule has 0 amide bonds. The fourth-order valence-corrected chi connectivity index (χ4v) is 1.42. The van der Waals surface area contributed by atoms with Gasteiger partial charge in [-0.25, -0.2) is 0 Å². The van der Waals surface area contributed by atoms with Crippen LogP contribution in [0.2, 0.25) is 0 Å². The van der Waals surface area contributed by atoms with Crippen LogP contribution in [0.15, 0.2) is 48.5 Å². The zero-order valence-electron chi connectivity index (χ0n) is 11.4. The molecule has 0 aliphatic rings. The van der Waals surface area contributed by atoms with Crippen LogP contribution in [0.5, 0.6) is 11.5 Å². The lowest BCUT2D eigenvalue weighted by Gasteiger charge is -1.97. The molecule has 0 spiro atoms. The molecule has 0 aliphatic carbocycles. The first-order chi connectivity index (χ1) is 8.65. The molecule has 2 nitrogen and oxygen atoms in total. The highest BCUT2D eigenvalue weighted by molar-refractivity contribution is 5.27. The van der Waals surface area contributed by atoms with Crippen LogP contribution < -0.4 is 9.47 Å². The van der Waals surface area contributed by atoms with Gasteiger partial charge in [-0.05, 0) is 43.7 Å². The lowest BCUT2D eigenvalue weighted by molar-refractivity contribution is 0.414. The summed E-state index contributed by atoms with van der Waals surface area (Å²) in [6, 6.07) is 15.9. The van der Waals surface area contributed by atoms with E-state index in [1.54, 1.807) is 14.2 Å². The van der Waals surface area contributed by atoms with Gasteiger partial charge in [0.15, 0.2) is 0 Å². The first kappa shape index (κ1) is 14.1. The predicted octanol–water partition coefficient (Wildman–Crippen LogP) is 4.01. The molecule has 0 radical (unpaired) electrons. The van der Waals surface area contributed by atoms with Crippen molar-refractivity contribution in [3.63, 3.8) is 0 Å². The first-order valence-corrected chi connectivity index (χ1v) is 5.87. The maximum Gasteiger partial charge on any atom is 0.119 e. The monoisotopic (exact) mass is 244 g/mol. The lowest BCUT2D eigenvalue weighted by atomic mass is 10.2. The SMILES string of the molecule is COc1ccc(C)cc1.COc1cccc(C)c1. The Kier molecular flexibility index (Phi) is 5.78. The van der Waals surface area contributed by atoms with Gasteiger partial charge < -0.3 is 9.47 Å². The van der Waals surface area contributed by atoms with E-state index in [9.17, 15) is 0 Å². The summed E-state index contributed by atoms with van der Waals surface area (Å²) >= 11 is 0. The lowest BCUT2D eigenvalue weighted by Crippen LogP contribution is -1.81. The molecule has 0 bridgehead atoms. The Hall–Kier alpha value is -1.96. The van der Waals surface area contributed by atoms with E-state index in [-0.39, 0.29) is 0 Å². The molecule has 2 aromatic rings. The maximum absolute atomic E-state index is 5.00. The molecule has 2 aromatic carbocycles. The third kappa shape index (κ3) is 4.91. The standard InChI is InChI=1S/2C8H10O/c1-7-3-5-8(9-2)6-4-7;1-7-4-3-5-8(6-7)9-2/h2*3-6H,1-2H3. The van der Waals surface area contributed by atoms with Gasteiger partial charge in [-0.1, -0.05) is 29.8 Å². The van der Waals surface area contributed by atoms with E-state index >= 15 is 0 Å². The van der Waals surface area contributed by atoms with Gasteiger partial charge in [-0.2, -0.15) is 0 Å². The van der Waals surface area contributed by atoms with Crippen LogP contribution in [0.25, 0.3) is 0 Å². The van der Waals surface area contributed by atoms with Gasteiger partial charge in [0.05, 0.1) is 14.2 Å². The molecule has 0 saturated heterocycles. The van der Waals surface area contributed by atoms with Crippen molar-refractivity contribution >= 4 is 0 Å². The largest absolute Gasteiger partial charge is 0.497 e. The minimum Gasteiger partial charge on any atom is -0.497 e. The summed E-state index contributed by atoms with van der Waals surface area (Å²) in [4.78, 5) is 0. The van der Waals surface area contributed by atoms with Gasteiger partial charge in [0.2, 0.25) is 0 Å². The van der Waals surface area contributed by atoms with Crippen molar-refractivity contribution < 1.29 is 9.47 Å². The Bertz CT molecular complexity index is 461. The highest BCUT2D eigenvalue weighted by Gasteiger charge is 1.87. The summed E-state index contributed by atoms with van der Waals surface area (Å²) < 4.78 is 9.96. The molecular formula is C16H20O2. The average molecular weight is 244 g/mol. The van der Waals surface area contributed by atoms with Crippen LogP contribution >= 0.6 is 0 Å². The number of rotatable bonds is 2. The number of hydrogen-bond donors (Lipinski definition) is 0. The molecular weight excluding hydrogens is 224 g/mol. The second-order valence-electron chi connectivity index (χ2n) is 4.04. The van der Waals surface area contributed by atoms with Crippen molar-refractivity contribution in [3.8, 4) is 11.5 Å². The van der Waals surface area contributed by atoms with E-state index in [4.69, 9.17) is 9.47 Å². The third-order valence-electron chi connectivity index (χ3n) is 2.48. The molecule has 0 saturated carbocycles. The van der Waals surface area contributed by atoms with E-state index in [0.29, 0.717) is 0 Å². The fraction of sp³-hybridized carbons (Fsp3) is 0.250. The molecule has 0 N–H and O–H groups in total. The number of ether oxygens (including phenoxy) is 2. The highest BCUT2D eigenvalue weighted by Crippen LogP contribution is 2.10. The number of benzene rings is 2. The van der Waals surface area contributed by atoms with Crippen molar-refractivity contribution in [2.45, 2.75) is 13.8 Å². The summed E-state index contributed by atoms with van der Waals surface area (Å²) in [6.07, 6.45) is 0. The summed E-state index contributed by atoms with van der Waals surface area (Å²) in [5.41, 5.74) is 2.49. The predicted molar refractivity (Wildman–Crippen MR) is 75.5 cm³/mol. The van der Waals surface area contributed by atoms with E-state index in [0.717, 1.165) is 11.5 Å².